The summed E-state index contributed by atoms with van der Waals surface area (Å²) in [7, 11) is 1.66. The van der Waals surface area contributed by atoms with Gasteiger partial charge in [0.1, 0.15) is 0 Å². The van der Waals surface area contributed by atoms with Crippen molar-refractivity contribution in [2.45, 2.75) is 37.2 Å². The largest absolute Gasteiger partial charge is 0.481 e. The Morgan fingerprint density at radius 2 is 1.96 bits per heavy atom. The van der Waals surface area contributed by atoms with Crippen molar-refractivity contribution in [3.05, 3.63) is 35.9 Å². The molecular formula is C18H23NO4. The lowest BCUT2D eigenvalue weighted by atomic mass is 9.77. The quantitative estimate of drug-likeness (QED) is 0.904. The van der Waals surface area contributed by atoms with E-state index in [4.69, 9.17) is 4.74 Å². The molecule has 2 unspecified atom stereocenters. The third kappa shape index (κ3) is 3.11. The van der Waals surface area contributed by atoms with E-state index in [9.17, 15) is 14.7 Å². The van der Waals surface area contributed by atoms with E-state index >= 15 is 0 Å². The Hall–Kier alpha value is -1.88. The third-order valence-electron chi connectivity index (χ3n) is 5.39. The van der Waals surface area contributed by atoms with Crippen LogP contribution in [0.1, 0.15) is 37.2 Å². The number of likely N-dealkylation sites (tertiary alicyclic amines) is 1. The highest BCUT2D eigenvalue weighted by Gasteiger charge is 2.44. The number of carbonyl (C=O) groups excluding carboxylic acids is 1. The maximum absolute atomic E-state index is 12.6. The van der Waals surface area contributed by atoms with Crippen LogP contribution in [0, 0.1) is 5.92 Å². The van der Waals surface area contributed by atoms with Crippen molar-refractivity contribution in [1.82, 2.24) is 4.90 Å². The summed E-state index contributed by atoms with van der Waals surface area (Å²) in [6.07, 6.45) is 3.27. The normalized spacial score (nSPS) is 25.9. The lowest BCUT2D eigenvalue weighted by Crippen LogP contribution is -2.44. The van der Waals surface area contributed by atoms with Gasteiger partial charge >= 0.3 is 5.97 Å². The molecule has 0 bridgehead atoms. The lowest BCUT2D eigenvalue weighted by Gasteiger charge is -2.40. The van der Waals surface area contributed by atoms with E-state index in [-0.39, 0.29) is 24.0 Å². The fraction of sp³-hybridized carbons (Fsp3) is 0.556. The topological polar surface area (TPSA) is 66.8 Å². The summed E-state index contributed by atoms with van der Waals surface area (Å²) in [5, 5.41) is 9.52. The van der Waals surface area contributed by atoms with Gasteiger partial charge < -0.3 is 14.7 Å². The molecule has 1 saturated heterocycles. The molecule has 2 atom stereocenters. The number of rotatable bonds is 5. The minimum atomic E-state index is -0.834. The Kier molecular flexibility index (Phi) is 4.39. The molecule has 3 rings (SSSR count). The van der Waals surface area contributed by atoms with Gasteiger partial charge in [-0.25, -0.2) is 0 Å². The van der Waals surface area contributed by atoms with Crippen LogP contribution in [0.3, 0.4) is 0 Å². The van der Waals surface area contributed by atoms with Crippen molar-refractivity contribution in [2.24, 2.45) is 5.92 Å². The predicted molar refractivity (Wildman–Crippen MR) is 85.1 cm³/mol. The van der Waals surface area contributed by atoms with Gasteiger partial charge in [-0.05, 0) is 24.8 Å². The monoisotopic (exact) mass is 317 g/mol. The summed E-state index contributed by atoms with van der Waals surface area (Å²) in [6, 6.07) is 9.62. The Bertz CT molecular complexity index is 576. The Labute approximate surface area is 136 Å². The van der Waals surface area contributed by atoms with Crippen molar-refractivity contribution >= 4 is 11.9 Å². The van der Waals surface area contributed by atoms with Crippen LogP contribution in [-0.4, -0.2) is 47.7 Å². The van der Waals surface area contributed by atoms with Crippen molar-refractivity contribution in [1.29, 1.82) is 0 Å². The zero-order valence-corrected chi connectivity index (χ0v) is 13.4. The molecule has 124 valence electrons. The average Bonchev–Trinajstić information content (AvgIpc) is 2.97. The zero-order chi connectivity index (χ0) is 16.4. The number of ether oxygens (including phenoxy) is 1. The molecule has 1 aliphatic heterocycles. The van der Waals surface area contributed by atoms with E-state index in [2.05, 4.69) is 0 Å². The number of aliphatic carboxylic acids is 1. The minimum absolute atomic E-state index is 0.0104. The van der Waals surface area contributed by atoms with E-state index in [1.807, 2.05) is 30.3 Å². The molecule has 2 aliphatic rings. The molecule has 0 aromatic heterocycles. The number of amides is 1. The van der Waals surface area contributed by atoms with Crippen LogP contribution in [0.2, 0.25) is 0 Å². The standard InChI is InChI=1S/C18H23NO4/c1-23-18(8-5-9-18)10-16(20)19-11-14(15(12-19)17(21)22)13-6-3-2-4-7-13/h2-4,6-7,14-15H,5,8-12H2,1H3,(H,21,22). The number of carbonyl (C=O) groups is 2. The second-order valence-electron chi connectivity index (χ2n) is 6.68. The highest BCUT2D eigenvalue weighted by Crippen LogP contribution is 2.40. The summed E-state index contributed by atoms with van der Waals surface area (Å²) >= 11 is 0. The predicted octanol–water partition coefficient (Wildman–Crippen LogP) is 2.27. The zero-order valence-electron chi connectivity index (χ0n) is 13.4. The van der Waals surface area contributed by atoms with Crippen LogP contribution in [0.4, 0.5) is 0 Å². The molecular weight excluding hydrogens is 294 g/mol. The van der Waals surface area contributed by atoms with Crippen molar-refractivity contribution in [2.75, 3.05) is 20.2 Å². The van der Waals surface area contributed by atoms with E-state index < -0.39 is 11.9 Å². The second kappa shape index (κ2) is 6.32. The number of hydrogen-bond donors (Lipinski definition) is 1. The molecule has 2 fully saturated rings. The first-order valence-corrected chi connectivity index (χ1v) is 8.15. The number of methoxy groups -OCH3 is 1. The SMILES string of the molecule is COC1(CC(=O)N2CC(C(=O)O)C(c3ccccc3)C2)CCC1. The fourth-order valence-corrected chi connectivity index (χ4v) is 3.71. The molecule has 1 amide bonds. The van der Waals surface area contributed by atoms with Crippen LogP contribution >= 0.6 is 0 Å². The summed E-state index contributed by atoms with van der Waals surface area (Å²) in [5.74, 6) is -1.51. The average molecular weight is 317 g/mol. The van der Waals surface area contributed by atoms with Gasteiger partial charge in [0.2, 0.25) is 5.91 Å². The smallest absolute Gasteiger partial charge is 0.308 e. The molecule has 5 heteroatoms. The fourth-order valence-electron chi connectivity index (χ4n) is 3.71. The summed E-state index contributed by atoms with van der Waals surface area (Å²) in [4.78, 5) is 25.9. The van der Waals surface area contributed by atoms with E-state index in [0.717, 1.165) is 24.8 Å². The molecule has 1 heterocycles. The van der Waals surface area contributed by atoms with Crippen LogP contribution in [0.15, 0.2) is 30.3 Å². The summed E-state index contributed by atoms with van der Waals surface area (Å²) in [6.45, 7) is 0.757. The molecule has 5 nitrogen and oxygen atoms in total. The van der Waals surface area contributed by atoms with Gasteiger partial charge in [-0.15, -0.1) is 0 Å². The summed E-state index contributed by atoms with van der Waals surface area (Å²) < 4.78 is 5.53. The number of nitrogens with zero attached hydrogens (tertiary/aromatic N) is 1. The maximum atomic E-state index is 12.6. The van der Waals surface area contributed by atoms with Gasteiger partial charge in [-0.3, -0.25) is 9.59 Å². The number of benzene rings is 1. The molecule has 0 radical (unpaired) electrons. The Balaban J connectivity index is 1.72. The van der Waals surface area contributed by atoms with E-state index in [0.29, 0.717) is 13.0 Å². The van der Waals surface area contributed by atoms with Gasteiger partial charge in [0.15, 0.2) is 0 Å². The first-order valence-electron chi connectivity index (χ1n) is 8.15. The summed E-state index contributed by atoms with van der Waals surface area (Å²) in [5.41, 5.74) is 0.668. The molecule has 23 heavy (non-hydrogen) atoms. The molecule has 1 N–H and O–H groups in total. The van der Waals surface area contributed by atoms with Gasteiger partial charge in [0.05, 0.1) is 17.9 Å². The van der Waals surface area contributed by atoms with Crippen molar-refractivity contribution in [3.8, 4) is 0 Å². The minimum Gasteiger partial charge on any atom is -0.481 e. The number of hydrogen-bond acceptors (Lipinski definition) is 3. The molecule has 1 aromatic rings. The van der Waals surface area contributed by atoms with Crippen molar-refractivity contribution in [3.63, 3.8) is 0 Å². The highest BCUT2D eigenvalue weighted by atomic mass is 16.5. The number of carboxylic acids is 1. The maximum Gasteiger partial charge on any atom is 0.308 e. The van der Waals surface area contributed by atoms with Crippen molar-refractivity contribution < 1.29 is 19.4 Å². The second-order valence-corrected chi connectivity index (χ2v) is 6.68. The van der Waals surface area contributed by atoms with Crippen LogP contribution in [-0.2, 0) is 14.3 Å². The molecule has 1 saturated carbocycles. The van der Waals surface area contributed by atoms with Gasteiger partial charge in [0.25, 0.3) is 0 Å². The first-order chi connectivity index (χ1) is 11.0. The Morgan fingerprint density at radius 3 is 2.48 bits per heavy atom. The molecule has 1 aromatic carbocycles. The number of carboxylic acid groups (broad SMARTS) is 1. The van der Waals surface area contributed by atoms with Gasteiger partial charge in [0, 0.05) is 26.1 Å². The Morgan fingerprint density at radius 1 is 1.26 bits per heavy atom. The highest BCUT2D eigenvalue weighted by molar-refractivity contribution is 5.80. The molecule has 0 spiro atoms. The van der Waals surface area contributed by atoms with E-state index in [1.165, 1.54) is 0 Å². The van der Waals surface area contributed by atoms with Gasteiger partial charge in [-0.1, -0.05) is 30.3 Å². The van der Waals surface area contributed by atoms with E-state index in [1.54, 1.807) is 12.0 Å². The third-order valence-corrected chi connectivity index (χ3v) is 5.39. The lowest BCUT2D eigenvalue weighted by molar-refractivity contribution is -0.144. The first kappa shape index (κ1) is 16.0. The molecule has 1 aliphatic carbocycles. The van der Waals surface area contributed by atoms with Crippen LogP contribution in [0.5, 0.6) is 0 Å². The van der Waals surface area contributed by atoms with Crippen LogP contribution < -0.4 is 0 Å². The van der Waals surface area contributed by atoms with Crippen LogP contribution in [0.25, 0.3) is 0 Å². The van der Waals surface area contributed by atoms with Gasteiger partial charge in [-0.2, -0.15) is 0 Å².